The highest BCUT2D eigenvalue weighted by molar-refractivity contribution is 5.92. The average Bonchev–Trinajstić information content (AvgIpc) is 2.63. The minimum Gasteiger partial charge on any atom is -0.484 e. The van der Waals surface area contributed by atoms with E-state index >= 15 is 0 Å². The molecule has 3 aromatic rings. The van der Waals surface area contributed by atoms with Crippen molar-refractivity contribution in [3.8, 4) is 16.9 Å². The summed E-state index contributed by atoms with van der Waals surface area (Å²) in [6.45, 7) is 6.07. The van der Waals surface area contributed by atoms with E-state index in [2.05, 4.69) is 36.5 Å². The van der Waals surface area contributed by atoms with Gasteiger partial charge in [0, 0.05) is 5.69 Å². The van der Waals surface area contributed by atoms with Gasteiger partial charge in [-0.25, -0.2) is 0 Å². The number of hydrogen-bond donors (Lipinski definition) is 1. The minimum absolute atomic E-state index is 0.0167. The lowest BCUT2D eigenvalue weighted by atomic mass is 10.0. The summed E-state index contributed by atoms with van der Waals surface area (Å²) in [4.78, 5) is 12.1. The van der Waals surface area contributed by atoms with Crippen LogP contribution in [0.3, 0.4) is 0 Å². The van der Waals surface area contributed by atoms with Gasteiger partial charge in [-0.15, -0.1) is 0 Å². The van der Waals surface area contributed by atoms with Gasteiger partial charge in [-0.1, -0.05) is 59.7 Å². The quantitative estimate of drug-likeness (QED) is 0.682. The standard InChI is InChI=1S/C23H23NO2/c1-16-4-7-19(8-5-16)20-9-11-21(12-10-20)26-15-23(25)24-22-13-6-17(2)14-18(22)3/h4-14H,15H2,1-3H3,(H,24,25). The van der Waals surface area contributed by atoms with Crippen molar-refractivity contribution in [3.63, 3.8) is 0 Å². The van der Waals surface area contributed by atoms with Crippen molar-refractivity contribution in [3.05, 3.63) is 83.4 Å². The SMILES string of the molecule is Cc1ccc(-c2ccc(OCC(=O)Nc3ccc(C)cc3C)cc2)cc1. The second kappa shape index (κ2) is 7.87. The summed E-state index contributed by atoms with van der Waals surface area (Å²) >= 11 is 0. The van der Waals surface area contributed by atoms with Crippen LogP contribution in [-0.4, -0.2) is 12.5 Å². The lowest BCUT2D eigenvalue weighted by Crippen LogP contribution is -2.20. The molecule has 0 aliphatic carbocycles. The monoisotopic (exact) mass is 345 g/mol. The summed E-state index contributed by atoms with van der Waals surface area (Å²) < 4.78 is 5.60. The van der Waals surface area contributed by atoms with Crippen LogP contribution >= 0.6 is 0 Å². The third-order valence-electron chi connectivity index (χ3n) is 4.27. The molecule has 0 bridgehead atoms. The molecule has 0 saturated carbocycles. The summed E-state index contributed by atoms with van der Waals surface area (Å²) in [6, 6.07) is 22.1. The molecule has 0 unspecified atom stereocenters. The molecule has 0 aromatic heterocycles. The normalized spacial score (nSPS) is 10.4. The molecule has 0 fully saturated rings. The van der Waals surface area contributed by atoms with Gasteiger partial charge >= 0.3 is 0 Å². The Balaban J connectivity index is 1.57. The van der Waals surface area contributed by atoms with Crippen molar-refractivity contribution in [2.45, 2.75) is 20.8 Å². The highest BCUT2D eigenvalue weighted by atomic mass is 16.5. The predicted molar refractivity (Wildman–Crippen MR) is 107 cm³/mol. The van der Waals surface area contributed by atoms with Crippen molar-refractivity contribution in [1.82, 2.24) is 0 Å². The van der Waals surface area contributed by atoms with Gasteiger partial charge in [0.25, 0.3) is 5.91 Å². The van der Waals surface area contributed by atoms with E-state index in [1.165, 1.54) is 11.1 Å². The molecule has 0 heterocycles. The molecule has 0 spiro atoms. The van der Waals surface area contributed by atoms with Crippen LogP contribution in [0.2, 0.25) is 0 Å². The number of anilines is 1. The largest absolute Gasteiger partial charge is 0.484 e. The number of rotatable bonds is 5. The number of amides is 1. The topological polar surface area (TPSA) is 38.3 Å². The Morgan fingerprint density at radius 2 is 1.38 bits per heavy atom. The number of ether oxygens (including phenoxy) is 1. The highest BCUT2D eigenvalue weighted by Gasteiger charge is 2.06. The Bertz CT molecular complexity index is 896. The van der Waals surface area contributed by atoms with E-state index in [0.717, 1.165) is 22.4 Å². The van der Waals surface area contributed by atoms with Crippen molar-refractivity contribution in [1.29, 1.82) is 0 Å². The third-order valence-corrected chi connectivity index (χ3v) is 4.27. The minimum atomic E-state index is -0.167. The van der Waals surface area contributed by atoms with E-state index in [1.807, 2.05) is 56.3 Å². The second-order valence-electron chi connectivity index (χ2n) is 6.55. The van der Waals surface area contributed by atoms with Crippen LogP contribution < -0.4 is 10.1 Å². The van der Waals surface area contributed by atoms with E-state index in [1.54, 1.807) is 0 Å². The van der Waals surface area contributed by atoms with E-state index < -0.39 is 0 Å². The van der Waals surface area contributed by atoms with Crippen LogP contribution in [0.1, 0.15) is 16.7 Å². The van der Waals surface area contributed by atoms with Gasteiger partial charge in [-0.05, 0) is 55.7 Å². The fourth-order valence-electron chi connectivity index (χ4n) is 2.78. The van der Waals surface area contributed by atoms with Crippen LogP contribution in [0, 0.1) is 20.8 Å². The molecule has 0 saturated heterocycles. The van der Waals surface area contributed by atoms with Crippen LogP contribution in [0.25, 0.3) is 11.1 Å². The fraction of sp³-hybridized carbons (Fsp3) is 0.174. The van der Waals surface area contributed by atoms with Crippen LogP contribution in [0.5, 0.6) is 5.75 Å². The maximum absolute atomic E-state index is 12.1. The first-order chi connectivity index (χ1) is 12.5. The van der Waals surface area contributed by atoms with Gasteiger partial charge in [0.05, 0.1) is 0 Å². The highest BCUT2D eigenvalue weighted by Crippen LogP contribution is 2.23. The molecule has 3 rings (SSSR count). The maximum Gasteiger partial charge on any atom is 0.262 e. The number of carbonyl (C=O) groups is 1. The molecule has 132 valence electrons. The molecule has 0 radical (unpaired) electrons. The van der Waals surface area contributed by atoms with Crippen molar-refractivity contribution < 1.29 is 9.53 Å². The average molecular weight is 345 g/mol. The molecule has 26 heavy (non-hydrogen) atoms. The van der Waals surface area contributed by atoms with Crippen molar-refractivity contribution in [2.75, 3.05) is 11.9 Å². The Morgan fingerprint density at radius 3 is 2.00 bits per heavy atom. The Morgan fingerprint density at radius 1 is 0.808 bits per heavy atom. The zero-order valence-electron chi connectivity index (χ0n) is 15.4. The summed E-state index contributed by atoms with van der Waals surface area (Å²) in [7, 11) is 0. The van der Waals surface area contributed by atoms with Crippen LogP contribution in [0.4, 0.5) is 5.69 Å². The van der Waals surface area contributed by atoms with Gasteiger partial charge in [0.15, 0.2) is 6.61 Å². The predicted octanol–water partition coefficient (Wildman–Crippen LogP) is 5.30. The Kier molecular flexibility index (Phi) is 5.37. The van der Waals surface area contributed by atoms with Gasteiger partial charge in [0.2, 0.25) is 0 Å². The van der Waals surface area contributed by atoms with Crippen molar-refractivity contribution in [2.24, 2.45) is 0 Å². The fourth-order valence-corrected chi connectivity index (χ4v) is 2.78. The molecule has 0 atom stereocenters. The zero-order valence-corrected chi connectivity index (χ0v) is 15.4. The van der Waals surface area contributed by atoms with E-state index in [0.29, 0.717) is 5.75 Å². The van der Waals surface area contributed by atoms with Gasteiger partial charge in [-0.3, -0.25) is 4.79 Å². The molecular formula is C23H23NO2. The zero-order chi connectivity index (χ0) is 18.5. The number of hydrogen-bond acceptors (Lipinski definition) is 2. The van der Waals surface area contributed by atoms with E-state index in [-0.39, 0.29) is 12.5 Å². The Labute approximate surface area is 154 Å². The Hall–Kier alpha value is -3.07. The lowest BCUT2D eigenvalue weighted by molar-refractivity contribution is -0.118. The number of nitrogens with one attached hydrogen (secondary N) is 1. The number of aryl methyl sites for hydroxylation is 3. The third kappa shape index (κ3) is 4.51. The van der Waals surface area contributed by atoms with Gasteiger partial charge in [0.1, 0.15) is 5.75 Å². The number of benzene rings is 3. The van der Waals surface area contributed by atoms with Gasteiger partial charge in [-0.2, -0.15) is 0 Å². The molecular weight excluding hydrogens is 322 g/mol. The van der Waals surface area contributed by atoms with Gasteiger partial charge < -0.3 is 10.1 Å². The summed E-state index contributed by atoms with van der Waals surface area (Å²) in [5.74, 6) is 0.510. The first-order valence-electron chi connectivity index (χ1n) is 8.68. The molecule has 1 amide bonds. The summed E-state index contributed by atoms with van der Waals surface area (Å²) in [5.41, 5.74) is 6.56. The second-order valence-corrected chi connectivity index (χ2v) is 6.55. The van der Waals surface area contributed by atoms with Crippen LogP contribution in [0.15, 0.2) is 66.7 Å². The molecule has 3 nitrogen and oxygen atoms in total. The van der Waals surface area contributed by atoms with E-state index in [9.17, 15) is 4.79 Å². The first-order valence-corrected chi connectivity index (χ1v) is 8.68. The van der Waals surface area contributed by atoms with Crippen molar-refractivity contribution >= 4 is 11.6 Å². The maximum atomic E-state index is 12.1. The summed E-state index contributed by atoms with van der Waals surface area (Å²) in [6.07, 6.45) is 0. The lowest BCUT2D eigenvalue weighted by Gasteiger charge is -2.10. The number of carbonyl (C=O) groups excluding carboxylic acids is 1. The molecule has 0 aliphatic rings. The summed E-state index contributed by atoms with van der Waals surface area (Å²) in [5, 5.41) is 2.89. The molecule has 0 aliphatic heterocycles. The molecule has 3 aromatic carbocycles. The van der Waals surface area contributed by atoms with E-state index in [4.69, 9.17) is 4.74 Å². The molecule has 3 heteroatoms. The smallest absolute Gasteiger partial charge is 0.262 e. The van der Waals surface area contributed by atoms with Crippen LogP contribution in [-0.2, 0) is 4.79 Å². The molecule has 1 N–H and O–H groups in total. The first kappa shape index (κ1) is 17.7.